The van der Waals surface area contributed by atoms with Crippen molar-refractivity contribution in [1.29, 1.82) is 0 Å². The van der Waals surface area contributed by atoms with E-state index in [4.69, 9.17) is 0 Å². The van der Waals surface area contributed by atoms with Crippen LogP contribution in [0.15, 0.2) is 36.7 Å². The zero-order valence-corrected chi connectivity index (χ0v) is 15.6. The van der Waals surface area contributed by atoms with Crippen LogP contribution < -0.4 is 0 Å². The lowest BCUT2D eigenvalue weighted by Crippen LogP contribution is -2.10. The molecule has 2 heterocycles. The Morgan fingerprint density at radius 3 is 2.38 bits per heavy atom. The van der Waals surface area contributed by atoms with E-state index in [2.05, 4.69) is 34.3 Å². The molecule has 0 saturated carbocycles. The maximum Gasteiger partial charge on any atom is 0.354 e. The summed E-state index contributed by atoms with van der Waals surface area (Å²) in [5.41, 5.74) is 7.49. The van der Waals surface area contributed by atoms with Crippen molar-refractivity contribution >= 4 is 5.97 Å². The third-order valence-corrected chi connectivity index (χ3v) is 4.73. The SMILES string of the molecule is CCc1c(C(=O)O)ncc(C)c1Cc1ccc(-c2cn(C)nc2C)cc1. The van der Waals surface area contributed by atoms with E-state index >= 15 is 0 Å². The Hall–Kier alpha value is -2.95. The summed E-state index contributed by atoms with van der Waals surface area (Å²) in [5, 5.41) is 13.8. The van der Waals surface area contributed by atoms with Gasteiger partial charge in [0.1, 0.15) is 0 Å². The Bertz CT molecular complexity index is 956. The number of aromatic carboxylic acids is 1. The molecule has 0 radical (unpaired) electrons. The lowest BCUT2D eigenvalue weighted by Gasteiger charge is -2.14. The second-order valence-electron chi connectivity index (χ2n) is 6.58. The van der Waals surface area contributed by atoms with Gasteiger partial charge < -0.3 is 5.11 Å². The van der Waals surface area contributed by atoms with E-state index in [9.17, 15) is 9.90 Å². The van der Waals surface area contributed by atoms with E-state index < -0.39 is 5.97 Å². The predicted molar refractivity (Wildman–Crippen MR) is 101 cm³/mol. The highest BCUT2D eigenvalue weighted by Gasteiger charge is 2.17. The van der Waals surface area contributed by atoms with Crippen LogP contribution in [0.25, 0.3) is 11.1 Å². The number of carbonyl (C=O) groups is 1. The van der Waals surface area contributed by atoms with Crippen molar-refractivity contribution in [1.82, 2.24) is 14.8 Å². The van der Waals surface area contributed by atoms with E-state index in [1.807, 2.05) is 38.7 Å². The Kier molecular flexibility index (Phi) is 4.89. The number of carboxylic acids is 1. The highest BCUT2D eigenvalue weighted by Crippen LogP contribution is 2.25. The van der Waals surface area contributed by atoms with Crippen LogP contribution in [0, 0.1) is 13.8 Å². The molecule has 0 aliphatic carbocycles. The standard InChI is InChI=1S/C21H23N3O2/c1-5-17-18(13(2)11-22-20(17)21(25)26)10-15-6-8-16(9-7-15)19-12-24(4)23-14(19)3/h6-9,11-12H,5,10H2,1-4H3,(H,25,26). The third kappa shape index (κ3) is 3.38. The first kappa shape index (κ1) is 17.9. The van der Waals surface area contributed by atoms with Gasteiger partial charge in [-0.3, -0.25) is 4.68 Å². The van der Waals surface area contributed by atoms with Gasteiger partial charge in [0.25, 0.3) is 0 Å². The first-order valence-electron chi connectivity index (χ1n) is 8.71. The zero-order valence-electron chi connectivity index (χ0n) is 15.6. The number of hydrogen-bond acceptors (Lipinski definition) is 3. The number of benzene rings is 1. The van der Waals surface area contributed by atoms with Crippen LogP contribution >= 0.6 is 0 Å². The topological polar surface area (TPSA) is 68.0 Å². The van der Waals surface area contributed by atoms with Crippen molar-refractivity contribution < 1.29 is 9.90 Å². The number of rotatable bonds is 5. The van der Waals surface area contributed by atoms with Gasteiger partial charge in [-0.2, -0.15) is 5.10 Å². The Labute approximate surface area is 153 Å². The molecule has 26 heavy (non-hydrogen) atoms. The first-order valence-corrected chi connectivity index (χ1v) is 8.71. The molecule has 1 N–H and O–H groups in total. The molecule has 0 saturated heterocycles. The second-order valence-corrected chi connectivity index (χ2v) is 6.58. The normalized spacial score (nSPS) is 10.9. The van der Waals surface area contributed by atoms with E-state index in [0.29, 0.717) is 12.8 Å². The summed E-state index contributed by atoms with van der Waals surface area (Å²) in [6.07, 6.45) is 5.03. The summed E-state index contributed by atoms with van der Waals surface area (Å²) in [7, 11) is 1.92. The van der Waals surface area contributed by atoms with E-state index in [1.54, 1.807) is 6.20 Å². The zero-order chi connectivity index (χ0) is 18.8. The highest BCUT2D eigenvalue weighted by molar-refractivity contribution is 5.87. The molecule has 3 rings (SSSR count). The van der Waals surface area contributed by atoms with Crippen LogP contribution in [-0.4, -0.2) is 25.8 Å². The second kappa shape index (κ2) is 7.12. The minimum absolute atomic E-state index is 0.163. The van der Waals surface area contributed by atoms with Gasteiger partial charge in [0.2, 0.25) is 0 Å². The number of carboxylic acid groups (broad SMARTS) is 1. The minimum atomic E-state index is -0.967. The van der Waals surface area contributed by atoms with Crippen molar-refractivity contribution in [3.8, 4) is 11.1 Å². The molecule has 3 aromatic rings. The van der Waals surface area contributed by atoms with Gasteiger partial charge in [-0.15, -0.1) is 0 Å². The molecule has 5 nitrogen and oxygen atoms in total. The van der Waals surface area contributed by atoms with Crippen LogP contribution in [0.1, 0.15) is 45.4 Å². The lowest BCUT2D eigenvalue weighted by molar-refractivity contribution is 0.0689. The van der Waals surface area contributed by atoms with Crippen LogP contribution in [-0.2, 0) is 19.9 Å². The fourth-order valence-electron chi connectivity index (χ4n) is 3.40. The molecule has 134 valence electrons. The molecular formula is C21H23N3O2. The van der Waals surface area contributed by atoms with Crippen molar-refractivity contribution in [2.75, 3.05) is 0 Å². The van der Waals surface area contributed by atoms with Crippen molar-refractivity contribution in [2.45, 2.75) is 33.6 Å². The van der Waals surface area contributed by atoms with E-state index in [-0.39, 0.29) is 5.69 Å². The van der Waals surface area contributed by atoms with Gasteiger partial charge in [0.15, 0.2) is 5.69 Å². The minimum Gasteiger partial charge on any atom is -0.477 e. The molecule has 1 aromatic carbocycles. The summed E-state index contributed by atoms with van der Waals surface area (Å²) >= 11 is 0. The summed E-state index contributed by atoms with van der Waals surface area (Å²) in [6, 6.07) is 8.39. The predicted octanol–water partition coefficient (Wildman–Crippen LogP) is 3.95. The van der Waals surface area contributed by atoms with Crippen molar-refractivity contribution in [2.24, 2.45) is 7.05 Å². The Balaban J connectivity index is 1.94. The summed E-state index contributed by atoms with van der Waals surface area (Å²) in [5.74, 6) is -0.967. The average Bonchev–Trinajstić information content (AvgIpc) is 2.95. The van der Waals surface area contributed by atoms with Crippen LogP contribution in [0.2, 0.25) is 0 Å². The monoisotopic (exact) mass is 349 g/mol. The quantitative estimate of drug-likeness (QED) is 0.757. The molecule has 0 spiro atoms. The molecule has 5 heteroatoms. The molecule has 0 fully saturated rings. The number of pyridine rings is 1. The lowest BCUT2D eigenvalue weighted by atomic mass is 9.93. The van der Waals surface area contributed by atoms with E-state index in [0.717, 1.165) is 39.1 Å². The van der Waals surface area contributed by atoms with Gasteiger partial charge >= 0.3 is 5.97 Å². The first-order chi connectivity index (χ1) is 12.4. The highest BCUT2D eigenvalue weighted by atomic mass is 16.4. The third-order valence-electron chi connectivity index (χ3n) is 4.73. The van der Waals surface area contributed by atoms with Crippen molar-refractivity contribution in [3.05, 3.63) is 70.3 Å². The fraction of sp³-hybridized carbons (Fsp3) is 0.286. The van der Waals surface area contributed by atoms with Gasteiger partial charge in [-0.25, -0.2) is 9.78 Å². The maximum absolute atomic E-state index is 11.5. The largest absolute Gasteiger partial charge is 0.477 e. The Morgan fingerprint density at radius 2 is 1.85 bits per heavy atom. The van der Waals surface area contributed by atoms with Crippen LogP contribution in [0.3, 0.4) is 0 Å². The fourth-order valence-corrected chi connectivity index (χ4v) is 3.40. The number of nitrogens with zero attached hydrogens (tertiary/aromatic N) is 3. The van der Waals surface area contributed by atoms with E-state index in [1.165, 1.54) is 0 Å². The number of aryl methyl sites for hydroxylation is 3. The van der Waals surface area contributed by atoms with Gasteiger partial charge in [0.05, 0.1) is 5.69 Å². The smallest absolute Gasteiger partial charge is 0.354 e. The van der Waals surface area contributed by atoms with Crippen molar-refractivity contribution in [3.63, 3.8) is 0 Å². The Morgan fingerprint density at radius 1 is 1.15 bits per heavy atom. The number of hydrogen-bond donors (Lipinski definition) is 1. The molecule has 2 aromatic heterocycles. The average molecular weight is 349 g/mol. The molecule has 0 bridgehead atoms. The van der Waals surface area contributed by atoms with Gasteiger partial charge in [-0.1, -0.05) is 31.2 Å². The molecule has 0 aliphatic heterocycles. The number of aromatic nitrogens is 3. The molecular weight excluding hydrogens is 326 g/mol. The van der Waals surface area contributed by atoms with Crippen LogP contribution in [0.5, 0.6) is 0 Å². The van der Waals surface area contributed by atoms with Gasteiger partial charge in [0, 0.05) is 25.0 Å². The van der Waals surface area contributed by atoms with Gasteiger partial charge in [-0.05, 0) is 54.5 Å². The molecule has 0 unspecified atom stereocenters. The maximum atomic E-state index is 11.5. The summed E-state index contributed by atoms with van der Waals surface area (Å²) < 4.78 is 1.82. The molecule has 0 atom stereocenters. The molecule has 0 amide bonds. The summed E-state index contributed by atoms with van der Waals surface area (Å²) in [6.45, 7) is 5.96. The van der Waals surface area contributed by atoms with Crippen LogP contribution in [0.4, 0.5) is 0 Å². The summed E-state index contributed by atoms with van der Waals surface area (Å²) in [4.78, 5) is 15.6. The molecule has 0 aliphatic rings.